The molecule has 1 atom stereocenters. The lowest BCUT2D eigenvalue weighted by molar-refractivity contribution is -0.115. The van der Waals surface area contributed by atoms with E-state index < -0.39 is 0 Å². The van der Waals surface area contributed by atoms with Crippen molar-refractivity contribution in [3.63, 3.8) is 0 Å². The molecule has 1 amide bonds. The minimum atomic E-state index is -0.0314. The molecular weight excluding hydrogens is 320 g/mol. The van der Waals surface area contributed by atoms with Crippen LogP contribution in [0.25, 0.3) is 0 Å². The van der Waals surface area contributed by atoms with Gasteiger partial charge in [0.05, 0.1) is 24.5 Å². The predicted molar refractivity (Wildman–Crippen MR) is 100 cm³/mol. The maximum absolute atomic E-state index is 12.5. The molecule has 3 rings (SSSR count). The molecule has 126 valence electrons. The summed E-state index contributed by atoms with van der Waals surface area (Å²) >= 11 is 1.86. The number of hydrogen-bond donors (Lipinski definition) is 1. The molecule has 24 heavy (non-hydrogen) atoms. The first-order valence-electron chi connectivity index (χ1n) is 8.19. The Morgan fingerprint density at radius 3 is 2.83 bits per heavy atom. The van der Waals surface area contributed by atoms with Crippen LogP contribution in [0, 0.1) is 0 Å². The van der Waals surface area contributed by atoms with Gasteiger partial charge in [-0.25, -0.2) is 0 Å². The monoisotopic (exact) mass is 342 g/mol. The fourth-order valence-corrected chi connectivity index (χ4v) is 4.01. The van der Waals surface area contributed by atoms with E-state index in [1.165, 1.54) is 4.90 Å². The minimum Gasteiger partial charge on any atom is -0.492 e. The lowest BCUT2D eigenvalue weighted by Gasteiger charge is -2.33. The Hall–Kier alpha value is -2.14. The van der Waals surface area contributed by atoms with Crippen molar-refractivity contribution in [2.24, 2.45) is 0 Å². The number of fused-ring (bicyclic) bond motifs is 1. The van der Waals surface area contributed by atoms with Crippen molar-refractivity contribution < 1.29 is 9.53 Å². The summed E-state index contributed by atoms with van der Waals surface area (Å²) in [5.74, 6) is 0.673. The second-order valence-corrected chi connectivity index (χ2v) is 7.23. The van der Waals surface area contributed by atoms with E-state index in [1.807, 2.05) is 55.1 Å². The highest BCUT2D eigenvalue weighted by Gasteiger charge is 2.23. The van der Waals surface area contributed by atoms with Crippen molar-refractivity contribution in [3.05, 3.63) is 48.5 Å². The van der Waals surface area contributed by atoms with Gasteiger partial charge in [0.1, 0.15) is 5.75 Å². The third-order valence-electron chi connectivity index (χ3n) is 3.81. The molecule has 2 aromatic carbocycles. The minimum absolute atomic E-state index is 0.0314. The molecule has 1 aliphatic rings. The smallest absolute Gasteiger partial charge is 0.243 e. The Balaban J connectivity index is 1.72. The summed E-state index contributed by atoms with van der Waals surface area (Å²) in [6.07, 6.45) is 0. The highest BCUT2D eigenvalue weighted by Crippen LogP contribution is 2.37. The first-order chi connectivity index (χ1) is 11.7. The van der Waals surface area contributed by atoms with Crippen LogP contribution < -0.4 is 15.0 Å². The second-order valence-electron chi connectivity index (χ2n) is 5.75. The summed E-state index contributed by atoms with van der Waals surface area (Å²) in [6, 6.07) is 15.8. The molecule has 0 fully saturated rings. The molecule has 1 N–H and O–H groups in total. The maximum atomic E-state index is 12.5. The molecule has 0 spiro atoms. The van der Waals surface area contributed by atoms with E-state index in [0.29, 0.717) is 24.2 Å². The normalized spacial score (nSPS) is 16.4. The number of carbonyl (C=O) groups excluding carboxylic acids is 1. The van der Waals surface area contributed by atoms with Gasteiger partial charge in [0, 0.05) is 16.7 Å². The van der Waals surface area contributed by atoms with Crippen LogP contribution in [0.15, 0.2) is 53.4 Å². The fourth-order valence-electron chi connectivity index (χ4n) is 2.84. The number of hydrogen-bond acceptors (Lipinski definition) is 4. The Kier molecular flexibility index (Phi) is 5.30. The van der Waals surface area contributed by atoms with Gasteiger partial charge in [0.2, 0.25) is 5.91 Å². The van der Waals surface area contributed by atoms with E-state index in [9.17, 15) is 4.79 Å². The topological polar surface area (TPSA) is 41.6 Å². The summed E-state index contributed by atoms with van der Waals surface area (Å²) < 4.78 is 5.57. The van der Waals surface area contributed by atoms with Gasteiger partial charge in [-0.2, -0.15) is 0 Å². The number of benzene rings is 2. The molecule has 0 radical (unpaired) electrons. The number of amides is 1. The highest BCUT2D eigenvalue weighted by molar-refractivity contribution is 8.00. The van der Waals surface area contributed by atoms with Crippen LogP contribution in [-0.2, 0) is 4.79 Å². The summed E-state index contributed by atoms with van der Waals surface area (Å²) in [7, 11) is 0. The number of thioether (sulfide) groups is 1. The lowest BCUT2D eigenvalue weighted by atomic mass is 10.2. The van der Waals surface area contributed by atoms with Crippen LogP contribution in [0.3, 0.4) is 0 Å². The van der Waals surface area contributed by atoms with Gasteiger partial charge in [-0.15, -0.1) is 11.8 Å². The Morgan fingerprint density at radius 1 is 1.25 bits per heavy atom. The molecular formula is C19H22N2O2S. The van der Waals surface area contributed by atoms with Crippen LogP contribution in [0.2, 0.25) is 0 Å². The number of rotatable bonds is 5. The molecule has 0 aromatic heterocycles. The highest BCUT2D eigenvalue weighted by atomic mass is 32.2. The van der Waals surface area contributed by atoms with Gasteiger partial charge in [-0.05, 0) is 31.2 Å². The molecule has 4 nitrogen and oxygen atoms in total. The van der Waals surface area contributed by atoms with E-state index in [4.69, 9.17) is 4.74 Å². The number of carbonyl (C=O) groups is 1. The molecule has 0 unspecified atom stereocenters. The number of anilines is 2. The molecule has 5 heteroatoms. The fraction of sp³-hybridized carbons (Fsp3) is 0.316. The molecule has 1 aliphatic heterocycles. The van der Waals surface area contributed by atoms with Crippen molar-refractivity contribution in [2.45, 2.75) is 24.0 Å². The Labute approximate surface area is 147 Å². The van der Waals surface area contributed by atoms with Crippen LogP contribution >= 0.6 is 11.8 Å². The van der Waals surface area contributed by atoms with Gasteiger partial charge < -0.3 is 15.0 Å². The van der Waals surface area contributed by atoms with E-state index >= 15 is 0 Å². The van der Waals surface area contributed by atoms with E-state index in [-0.39, 0.29) is 5.91 Å². The molecule has 1 heterocycles. The Morgan fingerprint density at radius 2 is 2.00 bits per heavy atom. The molecule has 0 saturated carbocycles. The van der Waals surface area contributed by atoms with Gasteiger partial charge in [-0.1, -0.05) is 31.2 Å². The van der Waals surface area contributed by atoms with Crippen molar-refractivity contribution >= 4 is 29.0 Å². The van der Waals surface area contributed by atoms with Gasteiger partial charge in [-0.3, -0.25) is 4.79 Å². The zero-order valence-electron chi connectivity index (χ0n) is 14.0. The SMILES string of the molecule is CCOc1ccccc1NC(=O)CN1C[C@H](C)Sc2ccccc21. The molecule has 0 aliphatic carbocycles. The zero-order chi connectivity index (χ0) is 16.9. The number of nitrogens with zero attached hydrogens (tertiary/aromatic N) is 1. The zero-order valence-corrected chi connectivity index (χ0v) is 14.8. The summed E-state index contributed by atoms with van der Waals surface area (Å²) in [5.41, 5.74) is 1.85. The first-order valence-corrected chi connectivity index (χ1v) is 9.07. The van der Waals surface area contributed by atoms with Crippen LogP contribution in [0.1, 0.15) is 13.8 Å². The Bertz CT molecular complexity index is 720. The van der Waals surface area contributed by atoms with E-state index in [2.05, 4.69) is 29.3 Å². The van der Waals surface area contributed by atoms with E-state index in [0.717, 1.165) is 17.9 Å². The van der Waals surface area contributed by atoms with Gasteiger partial charge >= 0.3 is 0 Å². The number of para-hydroxylation sites is 3. The molecule has 0 bridgehead atoms. The van der Waals surface area contributed by atoms with Crippen LogP contribution in [-0.4, -0.2) is 30.9 Å². The predicted octanol–water partition coefficient (Wildman–Crippen LogP) is 4.02. The number of ether oxygens (including phenoxy) is 1. The van der Waals surface area contributed by atoms with Gasteiger partial charge in [0.25, 0.3) is 0 Å². The second kappa shape index (κ2) is 7.62. The standard InChI is InChI=1S/C19H22N2O2S/c1-3-23-17-10-6-4-8-15(17)20-19(22)13-21-12-14(2)24-18-11-7-5-9-16(18)21/h4-11,14H,3,12-13H2,1-2H3,(H,20,22)/t14-/m0/s1. The third kappa shape index (κ3) is 3.85. The summed E-state index contributed by atoms with van der Waals surface area (Å²) in [5, 5.41) is 3.44. The number of nitrogens with one attached hydrogen (secondary N) is 1. The van der Waals surface area contributed by atoms with Crippen LogP contribution in [0.5, 0.6) is 5.75 Å². The third-order valence-corrected chi connectivity index (χ3v) is 4.96. The molecule has 2 aromatic rings. The largest absolute Gasteiger partial charge is 0.492 e. The van der Waals surface area contributed by atoms with Crippen molar-refractivity contribution in [1.29, 1.82) is 0 Å². The average molecular weight is 342 g/mol. The van der Waals surface area contributed by atoms with Crippen molar-refractivity contribution in [2.75, 3.05) is 29.9 Å². The van der Waals surface area contributed by atoms with E-state index in [1.54, 1.807) is 0 Å². The first kappa shape index (κ1) is 16.7. The van der Waals surface area contributed by atoms with Crippen molar-refractivity contribution in [1.82, 2.24) is 0 Å². The average Bonchev–Trinajstić information content (AvgIpc) is 2.56. The summed E-state index contributed by atoms with van der Waals surface area (Å²) in [4.78, 5) is 15.9. The summed E-state index contributed by atoms with van der Waals surface area (Å²) in [6.45, 7) is 5.89. The van der Waals surface area contributed by atoms with Crippen LogP contribution in [0.4, 0.5) is 11.4 Å². The van der Waals surface area contributed by atoms with Crippen molar-refractivity contribution in [3.8, 4) is 5.75 Å². The van der Waals surface area contributed by atoms with Gasteiger partial charge in [0.15, 0.2) is 0 Å². The quantitative estimate of drug-likeness (QED) is 0.891. The lowest BCUT2D eigenvalue weighted by Crippen LogP contribution is -2.39. The maximum Gasteiger partial charge on any atom is 0.243 e. The molecule has 0 saturated heterocycles.